The van der Waals surface area contributed by atoms with Crippen LogP contribution in [0.1, 0.15) is 0 Å². The maximum absolute atomic E-state index is 10.3. The number of benzene rings is 4. The van der Waals surface area contributed by atoms with Crippen LogP contribution in [-0.2, 0) is 0 Å². The summed E-state index contributed by atoms with van der Waals surface area (Å²) in [5.74, 6) is -0.182. The first-order chi connectivity index (χ1) is 10.8. The van der Waals surface area contributed by atoms with Gasteiger partial charge in [0.2, 0.25) is 0 Å². The third kappa shape index (κ3) is 1.81. The fraction of sp³-hybridized carbons (Fsp3) is 0. The van der Waals surface area contributed by atoms with Gasteiger partial charge in [-0.3, -0.25) is 0 Å². The molecule has 0 aliphatic heterocycles. The highest BCUT2D eigenvalue weighted by molar-refractivity contribution is 6.13. The van der Waals surface area contributed by atoms with Crippen LogP contribution in [0.4, 0.5) is 0 Å². The summed E-state index contributed by atoms with van der Waals surface area (Å²) in [5, 5.41) is 24.5. The number of hydrogen-bond donors (Lipinski definition) is 2. The Morgan fingerprint density at radius 3 is 1.82 bits per heavy atom. The number of fused-ring (bicyclic) bond motifs is 2. The molecule has 4 aromatic rings. The van der Waals surface area contributed by atoms with Gasteiger partial charge < -0.3 is 10.2 Å². The Balaban J connectivity index is 2.24. The Kier molecular flexibility index (Phi) is 2.76. The van der Waals surface area contributed by atoms with Crippen LogP contribution in [0.15, 0.2) is 72.8 Å². The van der Waals surface area contributed by atoms with Gasteiger partial charge in [0.25, 0.3) is 0 Å². The third-order valence-electron chi connectivity index (χ3n) is 4.06. The molecule has 2 heteroatoms. The molecule has 0 bridgehead atoms. The second kappa shape index (κ2) is 4.78. The Hall–Kier alpha value is -3.00. The summed E-state index contributed by atoms with van der Waals surface area (Å²) in [6.07, 6.45) is 0. The van der Waals surface area contributed by atoms with E-state index in [4.69, 9.17) is 0 Å². The van der Waals surface area contributed by atoms with E-state index >= 15 is 0 Å². The highest BCUT2D eigenvalue weighted by atomic mass is 16.3. The molecule has 0 fully saturated rings. The standard InChI is InChI=1S/C20H14O2/c21-18-11-5-10-17(20(18)22)19-15-8-3-1-6-13(15)12-14-7-2-4-9-16(14)19/h1-12,21-22H. The van der Waals surface area contributed by atoms with Gasteiger partial charge in [-0.15, -0.1) is 0 Å². The molecule has 0 aliphatic rings. The average Bonchev–Trinajstić information content (AvgIpc) is 2.55. The summed E-state index contributed by atoms with van der Waals surface area (Å²) in [6, 6.07) is 23.4. The van der Waals surface area contributed by atoms with Crippen molar-refractivity contribution < 1.29 is 10.2 Å². The maximum Gasteiger partial charge on any atom is 0.165 e. The van der Waals surface area contributed by atoms with Crippen LogP contribution in [-0.4, -0.2) is 10.2 Å². The summed E-state index contributed by atoms with van der Waals surface area (Å²) in [6.45, 7) is 0. The minimum absolute atomic E-state index is 0.0796. The van der Waals surface area contributed by atoms with E-state index in [9.17, 15) is 10.2 Å². The second-order valence-electron chi connectivity index (χ2n) is 5.37. The monoisotopic (exact) mass is 286 g/mol. The number of hydrogen-bond acceptors (Lipinski definition) is 2. The lowest BCUT2D eigenvalue weighted by Crippen LogP contribution is -1.86. The summed E-state index contributed by atoms with van der Waals surface area (Å²) >= 11 is 0. The summed E-state index contributed by atoms with van der Waals surface area (Å²) in [4.78, 5) is 0. The normalized spacial score (nSPS) is 11.1. The zero-order valence-corrected chi connectivity index (χ0v) is 11.8. The lowest BCUT2D eigenvalue weighted by molar-refractivity contribution is 0.405. The lowest BCUT2D eigenvalue weighted by Gasteiger charge is -2.13. The van der Waals surface area contributed by atoms with Crippen molar-refractivity contribution in [1.82, 2.24) is 0 Å². The van der Waals surface area contributed by atoms with Gasteiger partial charge in [-0.1, -0.05) is 60.7 Å². The zero-order chi connectivity index (χ0) is 15.1. The maximum atomic E-state index is 10.3. The van der Waals surface area contributed by atoms with Gasteiger partial charge in [-0.25, -0.2) is 0 Å². The van der Waals surface area contributed by atoms with Crippen molar-refractivity contribution in [1.29, 1.82) is 0 Å². The van der Waals surface area contributed by atoms with Crippen LogP contribution < -0.4 is 0 Å². The topological polar surface area (TPSA) is 40.5 Å². The molecule has 0 radical (unpaired) electrons. The predicted molar refractivity (Wildman–Crippen MR) is 90.2 cm³/mol. The van der Waals surface area contributed by atoms with E-state index in [1.54, 1.807) is 6.07 Å². The van der Waals surface area contributed by atoms with Crippen LogP contribution in [0, 0.1) is 0 Å². The summed E-state index contributed by atoms with van der Waals surface area (Å²) in [5.41, 5.74) is 1.59. The lowest BCUT2D eigenvalue weighted by atomic mass is 9.91. The smallest absolute Gasteiger partial charge is 0.165 e. The zero-order valence-electron chi connectivity index (χ0n) is 11.8. The molecule has 0 amide bonds. The molecule has 106 valence electrons. The van der Waals surface area contributed by atoms with Crippen molar-refractivity contribution >= 4 is 21.5 Å². The minimum Gasteiger partial charge on any atom is -0.504 e. The molecule has 0 unspecified atom stereocenters. The Morgan fingerprint density at radius 1 is 0.591 bits per heavy atom. The predicted octanol–water partition coefficient (Wildman–Crippen LogP) is 5.07. The minimum atomic E-state index is -0.102. The molecule has 4 aromatic carbocycles. The summed E-state index contributed by atoms with van der Waals surface area (Å²) < 4.78 is 0. The average molecular weight is 286 g/mol. The molecule has 0 heterocycles. The van der Waals surface area contributed by atoms with Gasteiger partial charge in [-0.05, 0) is 33.7 Å². The number of aromatic hydroxyl groups is 2. The molecule has 0 aliphatic carbocycles. The number of rotatable bonds is 1. The third-order valence-corrected chi connectivity index (χ3v) is 4.06. The molecule has 2 N–H and O–H groups in total. The first-order valence-corrected chi connectivity index (χ1v) is 7.17. The van der Waals surface area contributed by atoms with Gasteiger partial charge in [-0.2, -0.15) is 0 Å². The quantitative estimate of drug-likeness (QED) is 0.379. The van der Waals surface area contributed by atoms with Crippen molar-refractivity contribution in [3.05, 3.63) is 72.8 Å². The second-order valence-corrected chi connectivity index (χ2v) is 5.37. The first kappa shape index (κ1) is 12.7. The van der Waals surface area contributed by atoms with Gasteiger partial charge in [0.15, 0.2) is 11.5 Å². The van der Waals surface area contributed by atoms with E-state index in [0.29, 0.717) is 5.56 Å². The number of phenolic OH excluding ortho intramolecular Hbond substituents is 2. The van der Waals surface area contributed by atoms with Gasteiger partial charge in [0.1, 0.15) is 0 Å². The Bertz CT molecular complexity index is 949. The van der Waals surface area contributed by atoms with E-state index in [1.165, 1.54) is 6.07 Å². The van der Waals surface area contributed by atoms with E-state index < -0.39 is 0 Å². The molecular weight excluding hydrogens is 272 g/mol. The van der Waals surface area contributed by atoms with E-state index in [1.807, 2.05) is 42.5 Å². The molecule has 4 rings (SSSR count). The first-order valence-electron chi connectivity index (χ1n) is 7.17. The van der Waals surface area contributed by atoms with Crippen molar-refractivity contribution in [3.63, 3.8) is 0 Å². The van der Waals surface area contributed by atoms with Crippen LogP contribution in [0.5, 0.6) is 11.5 Å². The van der Waals surface area contributed by atoms with Gasteiger partial charge in [0.05, 0.1) is 0 Å². The van der Waals surface area contributed by atoms with Crippen LogP contribution in [0.2, 0.25) is 0 Å². The highest BCUT2D eigenvalue weighted by Gasteiger charge is 2.14. The van der Waals surface area contributed by atoms with Gasteiger partial charge >= 0.3 is 0 Å². The molecule has 0 atom stereocenters. The van der Waals surface area contributed by atoms with Crippen LogP contribution >= 0.6 is 0 Å². The Labute approximate surface area is 127 Å². The molecule has 0 spiro atoms. The molecule has 2 nitrogen and oxygen atoms in total. The van der Waals surface area contributed by atoms with Crippen molar-refractivity contribution in [3.8, 4) is 22.6 Å². The fourth-order valence-corrected chi connectivity index (χ4v) is 3.04. The fourth-order valence-electron chi connectivity index (χ4n) is 3.04. The number of para-hydroxylation sites is 1. The Morgan fingerprint density at radius 2 is 1.18 bits per heavy atom. The molecular formula is C20H14O2. The molecule has 0 saturated carbocycles. The van der Waals surface area contributed by atoms with Crippen molar-refractivity contribution in [2.24, 2.45) is 0 Å². The van der Waals surface area contributed by atoms with E-state index in [2.05, 4.69) is 18.2 Å². The van der Waals surface area contributed by atoms with Crippen LogP contribution in [0.3, 0.4) is 0 Å². The molecule has 22 heavy (non-hydrogen) atoms. The largest absolute Gasteiger partial charge is 0.504 e. The van der Waals surface area contributed by atoms with Gasteiger partial charge in [0, 0.05) is 11.1 Å². The van der Waals surface area contributed by atoms with E-state index in [-0.39, 0.29) is 11.5 Å². The molecule has 0 aromatic heterocycles. The highest BCUT2D eigenvalue weighted by Crippen LogP contribution is 2.43. The number of phenols is 2. The van der Waals surface area contributed by atoms with E-state index in [0.717, 1.165) is 27.1 Å². The SMILES string of the molecule is Oc1cccc(-c2c3ccccc3cc3ccccc23)c1O. The van der Waals surface area contributed by atoms with Crippen molar-refractivity contribution in [2.75, 3.05) is 0 Å². The summed E-state index contributed by atoms with van der Waals surface area (Å²) in [7, 11) is 0. The van der Waals surface area contributed by atoms with Crippen molar-refractivity contribution in [2.45, 2.75) is 0 Å². The molecule has 0 saturated heterocycles. The van der Waals surface area contributed by atoms with Crippen LogP contribution in [0.25, 0.3) is 32.7 Å².